The molecule has 0 aliphatic carbocycles. The van der Waals surface area contributed by atoms with Crippen LogP contribution in [0.5, 0.6) is 0 Å². The fraction of sp³-hybridized carbons (Fsp3) is 0.474. The number of nitrogens with zero attached hydrogens (tertiary/aromatic N) is 1. The van der Waals surface area contributed by atoms with E-state index >= 15 is 0 Å². The van der Waals surface area contributed by atoms with E-state index in [1.54, 1.807) is 6.07 Å². The minimum absolute atomic E-state index is 0.314. The van der Waals surface area contributed by atoms with Crippen molar-refractivity contribution in [1.29, 1.82) is 0 Å². The quantitative estimate of drug-likeness (QED) is 0.634. The summed E-state index contributed by atoms with van der Waals surface area (Å²) in [4.78, 5) is 21.4. The fourth-order valence-corrected chi connectivity index (χ4v) is 2.86. The molecule has 0 bridgehead atoms. The largest absolute Gasteiger partial charge is 0.478 e. The van der Waals surface area contributed by atoms with Gasteiger partial charge in [-0.3, -0.25) is 4.90 Å². The standard InChI is InChI=1S/C15H21F3N2.C4H4O4/c1-11(2)20(14-6-7-19-9-14)10-12-4-3-5-13(8-12)15(16,17)18;5-3(6)1-2-4(7)8/h3-5,8,11,14,19H,6-7,9-10H2,1-2H3;1-2H,(H,5,6)(H,7,8)/b;2-1+/t14-;/m0./s1. The number of alkyl halides is 3. The van der Waals surface area contributed by atoms with Gasteiger partial charge in [0, 0.05) is 37.3 Å². The van der Waals surface area contributed by atoms with E-state index < -0.39 is 23.7 Å². The van der Waals surface area contributed by atoms with Crippen molar-refractivity contribution in [3.63, 3.8) is 0 Å². The molecule has 0 spiro atoms. The normalized spacial score (nSPS) is 17.0. The summed E-state index contributed by atoms with van der Waals surface area (Å²) in [6.07, 6.45) is -2.10. The number of hydrogen-bond donors (Lipinski definition) is 3. The molecule has 1 atom stereocenters. The molecule has 9 heteroatoms. The van der Waals surface area contributed by atoms with Crippen molar-refractivity contribution in [2.24, 2.45) is 0 Å². The first-order valence-electron chi connectivity index (χ1n) is 8.77. The predicted octanol–water partition coefficient (Wildman–Crippen LogP) is 2.99. The van der Waals surface area contributed by atoms with Crippen LogP contribution in [0.4, 0.5) is 13.2 Å². The van der Waals surface area contributed by atoms with Crippen LogP contribution in [0.1, 0.15) is 31.4 Å². The van der Waals surface area contributed by atoms with E-state index in [9.17, 15) is 22.8 Å². The van der Waals surface area contributed by atoms with Gasteiger partial charge in [0.05, 0.1) is 5.56 Å². The lowest BCUT2D eigenvalue weighted by atomic mass is 10.1. The van der Waals surface area contributed by atoms with Crippen molar-refractivity contribution < 1.29 is 33.0 Å². The Kier molecular flexibility index (Phi) is 9.14. The molecule has 1 aromatic carbocycles. The number of halogens is 3. The SMILES string of the molecule is CC(C)N(Cc1cccc(C(F)(F)F)c1)[C@H]1CCNC1.O=C(O)/C=C/C(=O)O. The molecule has 0 saturated carbocycles. The van der Waals surface area contributed by atoms with Crippen molar-refractivity contribution in [2.75, 3.05) is 13.1 Å². The maximum absolute atomic E-state index is 12.7. The van der Waals surface area contributed by atoms with E-state index in [4.69, 9.17) is 10.2 Å². The highest BCUT2D eigenvalue weighted by atomic mass is 19.4. The molecule has 1 aromatic rings. The van der Waals surface area contributed by atoms with E-state index in [1.807, 2.05) is 0 Å². The smallest absolute Gasteiger partial charge is 0.416 e. The van der Waals surface area contributed by atoms with Crippen molar-refractivity contribution in [1.82, 2.24) is 10.2 Å². The third kappa shape index (κ3) is 8.53. The second kappa shape index (κ2) is 10.8. The third-order valence-corrected chi connectivity index (χ3v) is 4.15. The van der Waals surface area contributed by atoms with Gasteiger partial charge in [-0.25, -0.2) is 9.59 Å². The second-order valence-electron chi connectivity index (χ2n) is 6.62. The van der Waals surface area contributed by atoms with Gasteiger partial charge < -0.3 is 15.5 Å². The van der Waals surface area contributed by atoms with Crippen molar-refractivity contribution in [3.8, 4) is 0 Å². The zero-order valence-electron chi connectivity index (χ0n) is 15.7. The Morgan fingerprint density at radius 3 is 2.29 bits per heavy atom. The molecule has 0 aromatic heterocycles. The maximum Gasteiger partial charge on any atom is 0.416 e. The summed E-state index contributed by atoms with van der Waals surface area (Å²) in [6, 6.07) is 6.37. The minimum atomic E-state index is -4.27. The summed E-state index contributed by atoms with van der Waals surface area (Å²) in [5, 5.41) is 18.9. The van der Waals surface area contributed by atoms with Crippen LogP contribution in [0.25, 0.3) is 0 Å². The highest BCUT2D eigenvalue weighted by molar-refractivity contribution is 5.89. The van der Waals surface area contributed by atoms with E-state index in [-0.39, 0.29) is 0 Å². The van der Waals surface area contributed by atoms with Crippen LogP contribution >= 0.6 is 0 Å². The molecule has 6 nitrogen and oxygen atoms in total. The average molecular weight is 402 g/mol. The highest BCUT2D eigenvalue weighted by Crippen LogP contribution is 2.30. The van der Waals surface area contributed by atoms with Gasteiger partial charge in [0.1, 0.15) is 0 Å². The Bertz CT molecular complexity index is 668. The fourth-order valence-electron chi connectivity index (χ4n) is 2.86. The van der Waals surface area contributed by atoms with E-state index in [0.29, 0.717) is 30.8 Å². The Balaban J connectivity index is 0.000000416. The lowest BCUT2D eigenvalue weighted by molar-refractivity contribution is -0.137. The highest BCUT2D eigenvalue weighted by Gasteiger charge is 2.31. The summed E-state index contributed by atoms with van der Waals surface area (Å²) >= 11 is 0. The summed E-state index contributed by atoms with van der Waals surface area (Å²) in [5.74, 6) is -2.51. The summed E-state index contributed by atoms with van der Waals surface area (Å²) in [7, 11) is 0. The van der Waals surface area contributed by atoms with E-state index in [2.05, 4.69) is 24.1 Å². The molecule has 28 heavy (non-hydrogen) atoms. The minimum Gasteiger partial charge on any atom is -0.478 e. The van der Waals surface area contributed by atoms with Gasteiger partial charge in [-0.05, 0) is 38.4 Å². The van der Waals surface area contributed by atoms with Gasteiger partial charge in [0.2, 0.25) is 0 Å². The Morgan fingerprint density at radius 2 is 1.86 bits per heavy atom. The molecule has 1 saturated heterocycles. The summed E-state index contributed by atoms with van der Waals surface area (Å²) in [5.41, 5.74) is 0.156. The number of aliphatic carboxylic acids is 2. The van der Waals surface area contributed by atoms with E-state index in [1.165, 1.54) is 12.1 Å². The zero-order valence-corrected chi connectivity index (χ0v) is 15.7. The number of hydrogen-bond acceptors (Lipinski definition) is 4. The van der Waals surface area contributed by atoms with Crippen molar-refractivity contribution >= 4 is 11.9 Å². The molecule has 156 valence electrons. The molecule has 1 aliphatic rings. The molecule has 0 amide bonds. The average Bonchev–Trinajstić information content (AvgIpc) is 3.12. The van der Waals surface area contributed by atoms with Crippen LogP contribution in [0.2, 0.25) is 0 Å². The van der Waals surface area contributed by atoms with Gasteiger partial charge in [0.25, 0.3) is 0 Å². The molecule has 2 rings (SSSR count). The first-order valence-corrected chi connectivity index (χ1v) is 8.77. The molecule has 0 radical (unpaired) electrons. The lowest BCUT2D eigenvalue weighted by Crippen LogP contribution is -2.41. The van der Waals surface area contributed by atoms with Gasteiger partial charge in [-0.15, -0.1) is 0 Å². The van der Waals surface area contributed by atoms with Crippen LogP contribution in [0.15, 0.2) is 36.4 Å². The van der Waals surface area contributed by atoms with Crippen molar-refractivity contribution in [2.45, 2.75) is 45.1 Å². The Morgan fingerprint density at radius 1 is 1.25 bits per heavy atom. The molecular weight excluding hydrogens is 377 g/mol. The topological polar surface area (TPSA) is 89.9 Å². The van der Waals surface area contributed by atoms with Crippen LogP contribution < -0.4 is 5.32 Å². The number of rotatable bonds is 6. The van der Waals surface area contributed by atoms with Gasteiger partial charge >= 0.3 is 18.1 Å². The number of carboxylic acid groups (broad SMARTS) is 2. The van der Waals surface area contributed by atoms with Crippen LogP contribution in [0.3, 0.4) is 0 Å². The van der Waals surface area contributed by atoms with Gasteiger partial charge in [0.15, 0.2) is 0 Å². The maximum atomic E-state index is 12.7. The lowest BCUT2D eigenvalue weighted by Gasteiger charge is -2.32. The Labute approximate surface area is 161 Å². The second-order valence-corrected chi connectivity index (χ2v) is 6.62. The van der Waals surface area contributed by atoms with Crippen molar-refractivity contribution in [3.05, 3.63) is 47.5 Å². The first kappa shape index (κ1) is 23.6. The number of nitrogens with one attached hydrogen (secondary N) is 1. The Hall–Kier alpha value is -2.39. The molecule has 1 aliphatic heterocycles. The molecular formula is C19H25F3N2O4. The predicted molar refractivity (Wildman–Crippen MR) is 97.8 cm³/mol. The summed E-state index contributed by atoms with van der Waals surface area (Å²) < 4.78 is 38.2. The van der Waals surface area contributed by atoms with Gasteiger partial charge in [-0.1, -0.05) is 18.2 Å². The number of carboxylic acids is 2. The monoisotopic (exact) mass is 402 g/mol. The zero-order chi connectivity index (χ0) is 21.3. The molecule has 1 heterocycles. The van der Waals surface area contributed by atoms with Crippen LogP contribution in [-0.4, -0.2) is 52.2 Å². The van der Waals surface area contributed by atoms with E-state index in [0.717, 1.165) is 31.1 Å². The van der Waals surface area contributed by atoms with Crippen LogP contribution in [-0.2, 0) is 22.3 Å². The molecule has 1 fully saturated rings. The molecule has 3 N–H and O–H groups in total. The number of benzene rings is 1. The summed E-state index contributed by atoms with van der Waals surface area (Å²) in [6.45, 7) is 6.64. The number of carbonyl (C=O) groups is 2. The first-order chi connectivity index (χ1) is 13.0. The molecule has 0 unspecified atom stereocenters. The third-order valence-electron chi connectivity index (χ3n) is 4.15. The van der Waals surface area contributed by atoms with Gasteiger partial charge in [-0.2, -0.15) is 13.2 Å². The van der Waals surface area contributed by atoms with Crippen LogP contribution in [0, 0.1) is 0 Å².